The lowest BCUT2D eigenvalue weighted by atomic mass is 9.88. The number of amides is 2. The Labute approximate surface area is 234 Å². The van der Waals surface area contributed by atoms with Crippen molar-refractivity contribution in [2.24, 2.45) is 11.1 Å². The molecule has 2 amide bonds. The van der Waals surface area contributed by atoms with E-state index in [4.69, 9.17) is 19.6 Å². The van der Waals surface area contributed by atoms with E-state index in [1.165, 1.54) is 24.3 Å². The molecule has 13 heteroatoms. The van der Waals surface area contributed by atoms with E-state index < -0.39 is 41.8 Å². The maximum absolute atomic E-state index is 14.0. The smallest absolute Gasteiger partial charge is 0.405 e. The first-order valence-corrected chi connectivity index (χ1v) is 12.7. The predicted octanol–water partition coefficient (Wildman–Crippen LogP) is 6.17. The molecule has 0 radical (unpaired) electrons. The van der Waals surface area contributed by atoms with Crippen molar-refractivity contribution in [3.8, 4) is 23.0 Å². The number of primary amides is 1. The minimum Gasteiger partial charge on any atom is -0.490 e. The number of carbonyl (C=O) groups excluding carboxylic acids is 2. The molecule has 0 aliphatic heterocycles. The molecule has 0 saturated carbocycles. The van der Waals surface area contributed by atoms with Crippen LogP contribution in [0.4, 0.5) is 22.4 Å². The molecule has 0 unspecified atom stereocenters. The van der Waals surface area contributed by atoms with E-state index in [0.717, 1.165) is 12.1 Å². The Morgan fingerprint density at radius 2 is 1.83 bits per heavy atom. The number of oxazole rings is 1. The quantitative estimate of drug-likeness (QED) is 0.245. The van der Waals surface area contributed by atoms with E-state index in [9.17, 15) is 27.2 Å². The summed E-state index contributed by atoms with van der Waals surface area (Å²) in [6.07, 6.45) is -1.99. The topological polar surface area (TPSA) is 126 Å². The van der Waals surface area contributed by atoms with Gasteiger partial charge < -0.3 is 29.7 Å². The lowest BCUT2D eigenvalue weighted by Crippen LogP contribution is -2.29. The molecule has 3 aromatic rings. The van der Waals surface area contributed by atoms with Crippen LogP contribution in [-0.4, -0.2) is 36.7 Å². The van der Waals surface area contributed by atoms with Crippen LogP contribution < -0.4 is 20.5 Å². The number of alkyl halides is 2. The Morgan fingerprint density at radius 3 is 2.44 bits per heavy atom. The summed E-state index contributed by atoms with van der Waals surface area (Å²) in [6, 6.07) is 7.08. The van der Waals surface area contributed by atoms with Gasteiger partial charge in [-0.05, 0) is 55.0 Å². The normalized spacial score (nSPS) is 12.2. The Balaban J connectivity index is 1.99. The summed E-state index contributed by atoms with van der Waals surface area (Å²) >= 11 is 0. The number of aromatic nitrogens is 1. The fourth-order valence-electron chi connectivity index (χ4n) is 3.94. The highest BCUT2D eigenvalue weighted by atomic mass is 19.3. The zero-order valence-corrected chi connectivity index (χ0v) is 22.9. The first kappa shape index (κ1) is 31.2. The van der Waals surface area contributed by atoms with Crippen molar-refractivity contribution in [3.05, 3.63) is 65.1 Å². The summed E-state index contributed by atoms with van der Waals surface area (Å²) in [5, 5.41) is 2.61. The first-order valence-electron chi connectivity index (χ1n) is 12.7. The Bertz CT molecular complexity index is 1370. The maximum Gasteiger partial charge on any atom is 0.405 e. The Morgan fingerprint density at radius 1 is 1.10 bits per heavy atom. The third-order valence-corrected chi connectivity index (χ3v) is 5.62. The van der Waals surface area contributed by atoms with Crippen molar-refractivity contribution in [2.75, 3.05) is 13.2 Å². The second kappa shape index (κ2) is 13.4. The molecule has 0 fully saturated rings. The predicted molar refractivity (Wildman–Crippen MR) is 140 cm³/mol. The molecule has 0 aliphatic rings. The van der Waals surface area contributed by atoms with Gasteiger partial charge in [-0.1, -0.05) is 26.8 Å². The molecule has 0 aliphatic carbocycles. The maximum atomic E-state index is 14.0. The van der Waals surface area contributed by atoms with Gasteiger partial charge in [-0.15, -0.1) is 0 Å². The number of nitrogens with two attached hydrogens (primary N) is 1. The molecule has 3 N–H and O–H groups in total. The number of benzene rings is 2. The van der Waals surface area contributed by atoms with Crippen LogP contribution in [0.15, 0.2) is 40.8 Å². The highest BCUT2D eigenvalue weighted by Crippen LogP contribution is 2.38. The highest BCUT2D eigenvalue weighted by molar-refractivity contribution is 5.94. The summed E-state index contributed by atoms with van der Waals surface area (Å²) in [6.45, 7) is 4.27. The third-order valence-electron chi connectivity index (χ3n) is 5.62. The van der Waals surface area contributed by atoms with Crippen molar-refractivity contribution < 1.29 is 45.8 Å². The van der Waals surface area contributed by atoms with Crippen molar-refractivity contribution >= 4 is 12.0 Å². The lowest BCUT2D eigenvalue weighted by molar-refractivity contribution is -0.0514. The number of nitrogens with zero attached hydrogens (tertiary/aromatic N) is 1. The van der Waals surface area contributed by atoms with Crippen molar-refractivity contribution in [2.45, 2.75) is 53.3 Å². The van der Waals surface area contributed by atoms with E-state index in [-0.39, 0.29) is 66.0 Å². The van der Waals surface area contributed by atoms with E-state index in [1.807, 2.05) is 20.8 Å². The largest absolute Gasteiger partial charge is 0.490 e. The fourth-order valence-corrected chi connectivity index (χ4v) is 3.94. The minimum absolute atomic E-state index is 0.0167. The van der Waals surface area contributed by atoms with Crippen LogP contribution in [0.1, 0.15) is 62.0 Å². The number of hydrogen-bond donors (Lipinski definition) is 2. The molecule has 1 atom stereocenters. The van der Waals surface area contributed by atoms with Gasteiger partial charge in [0, 0.05) is 18.2 Å². The van der Waals surface area contributed by atoms with Gasteiger partial charge in [0.05, 0.1) is 6.61 Å². The summed E-state index contributed by atoms with van der Waals surface area (Å²) in [5.74, 6) is -2.66. The van der Waals surface area contributed by atoms with Crippen LogP contribution in [0.25, 0.3) is 11.5 Å². The summed E-state index contributed by atoms with van der Waals surface area (Å²) in [5.41, 5.74) is 5.07. The molecule has 2 aromatic carbocycles. The molecule has 0 saturated heterocycles. The molecule has 3 rings (SSSR count). The van der Waals surface area contributed by atoms with Crippen molar-refractivity contribution in [1.29, 1.82) is 0 Å². The van der Waals surface area contributed by atoms with Crippen LogP contribution in [0.5, 0.6) is 11.5 Å². The van der Waals surface area contributed by atoms with Gasteiger partial charge in [-0.25, -0.2) is 18.6 Å². The summed E-state index contributed by atoms with van der Waals surface area (Å²) in [4.78, 5) is 29.3. The van der Waals surface area contributed by atoms with Gasteiger partial charge in [-0.3, -0.25) is 4.79 Å². The van der Waals surface area contributed by atoms with E-state index >= 15 is 0 Å². The number of carbonyl (C=O) groups is 2. The van der Waals surface area contributed by atoms with Gasteiger partial charge in [0.25, 0.3) is 5.91 Å². The molecule has 0 bridgehead atoms. The van der Waals surface area contributed by atoms with E-state index in [0.29, 0.717) is 0 Å². The molecule has 1 aromatic heterocycles. The fraction of sp³-hybridized carbons (Fsp3) is 0.393. The molecule has 41 heavy (non-hydrogen) atoms. The average molecular weight is 582 g/mol. The summed E-state index contributed by atoms with van der Waals surface area (Å²) < 4.78 is 74.1. The van der Waals surface area contributed by atoms with Gasteiger partial charge in [0.15, 0.2) is 29.1 Å². The van der Waals surface area contributed by atoms with Crippen LogP contribution >= 0.6 is 0 Å². The highest BCUT2D eigenvalue weighted by Gasteiger charge is 2.33. The van der Waals surface area contributed by atoms with Gasteiger partial charge in [-0.2, -0.15) is 8.78 Å². The molecular weight excluding hydrogens is 550 g/mol. The SMILES string of the molecule is CCOc1cc(-c2nc(C(=O)NCCc3ccc(F)cc3F)c([C@H](CC(C)(C)C)OC(N)=O)o2)ccc1OC(F)F. The van der Waals surface area contributed by atoms with Gasteiger partial charge in [0.1, 0.15) is 11.6 Å². The third kappa shape index (κ3) is 8.85. The van der Waals surface area contributed by atoms with Crippen LogP contribution in [-0.2, 0) is 11.2 Å². The molecule has 0 spiro atoms. The number of nitrogens with one attached hydrogen (secondary N) is 1. The van der Waals surface area contributed by atoms with Crippen molar-refractivity contribution in [1.82, 2.24) is 10.3 Å². The zero-order valence-electron chi connectivity index (χ0n) is 22.9. The lowest BCUT2D eigenvalue weighted by Gasteiger charge is -2.24. The standard InChI is InChI=1S/C28H31F4N3O6/c1-5-38-20-12-16(7-9-19(20)39-26(31)32)25-35-22(23(41-25)21(40-27(33)37)14-28(2,3)4)24(36)34-11-10-15-6-8-17(29)13-18(15)30/h6-9,12-13,21,26H,5,10-11,14H2,1-4H3,(H2,33,37)(H,34,36)/t21-/m0/s1. The van der Waals surface area contributed by atoms with Crippen LogP contribution in [0.3, 0.4) is 0 Å². The molecule has 9 nitrogen and oxygen atoms in total. The van der Waals surface area contributed by atoms with Gasteiger partial charge >= 0.3 is 12.7 Å². The monoisotopic (exact) mass is 581 g/mol. The van der Waals surface area contributed by atoms with Crippen LogP contribution in [0, 0.1) is 17.0 Å². The van der Waals surface area contributed by atoms with Crippen molar-refractivity contribution in [3.63, 3.8) is 0 Å². The Hall–Kier alpha value is -4.29. The van der Waals surface area contributed by atoms with E-state index in [2.05, 4.69) is 15.0 Å². The zero-order chi connectivity index (χ0) is 30.3. The number of halogens is 4. The molecule has 1 heterocycles. The van der Waals surface area contributed by atoms with Crippen LogP contribution in [0.2, 0.25) is 0 Å². The molecular formula is C28H31F4N3O6. The average Bonchev–Trinajstić information content (AvgIpc) is 3.30. The summed E-state index contributed by atoms with van der Waals surface area (Å²) in [7, 11) is 0. The van der Waals surface area contributed by atoms with E-state index in [1.54, 1.807) is 6.92 Å². The Kier molecular flexibility index (Phi) is 10.2. The number of hydrogen-bond acceptors (Lipinski definition) is 7. The van der Waals surface area contributed by atoms with Gasteiger partial charge in [0.2, 0.25) is 5.89 Å². The second-order valence-electron chi connectivity index (χ2n) is 10.1. The minimum atomic E-state index is -3.09. The second-order valence-corrected chi connectivity index (χ2v) is 10.1. The number of rotatable bonds is 12. The molecule has 222 valence electrons. The first-order chi connectivity index (χ1) is 19.3. The number of ether oxygens (including phenoxy) is 3.